The van der Waals surface area contributed by atoms with Crippen LogP contribution in [-0.2, 0) is 11.3 Å². The highest BCUT2D eigenvalue weighted by molar-refractivity contribution is 5.64. The molecular weight excluding hydrogens is 215 g/mol. The highest BCUT2D eigenvalue weighted by atomic mass is 19.1. The fourth-order valence-corrected chi connectivity index (χ4v) is 1.75. The number of rotatable bonds is 3. The second-order valence-corrected chi connectivity index (χ2v) is 4.11. The fraction of sp³-hybridized carbons (Fsp3) is 0.200. The molecule has 0 N–H and O–H groups in total. The zero-order valence-corrected chi connectivity index (χ0v) is 10.0. The maximum atomic E-state index is 13.7. The summed E-state index contributed by atoms with van der Waals surface area (Å²) in [7, 11) is 1.56. The summed E-state index contributed by atoms with van der Waals surface area (Å²) in [6.07, 6.45) is 0. The summed E-state index contributed by atoms with van der Waals surface area (Å²) in [5, 5.41) is 0. The van der Waals surface area contributed by atoms with Crippen molar-refractivity contribution in [3.63, 3.8) is 0 Å². The Kier molecular flexibility index (Phi) is 3.55. The van der Waals surface area contributed by atoms with Gasteiger partial charge in [-0.05, 0) is 24.1 Å². The van der Waals surface area contributed by atoms with Crippen molar-refractivity contribution in [3.05, 3.63) is 59.4 Å². The molecule has 0 fully saturated rings. The van der Waals surface area contributed by atoms with E-state index in [9.17, 15) is 4.39 Å². The molecular formula is C15H15FO. The van der Waals surface area contributed by atoms with Crippen LogP contribution in [0.2, 0.25) is 0 Å². The van der Waals surface area contributed by atoms with Gasteiger partial charge in [0.1, 0.15) is 5.82 Å². The summed E-state index contributed by atoms with van der Waals surface area (Å²) < 4.78 is 18.7. The lowest BCUT2D eigenvalue weighted by Crippen LogP contribution is -1.93. The van der Waals surface area contributed by atoms with E-state index in [-0.39, 0.29) is 5.82 Å². The molecule has 2 heteroatoms. The van der Waals surface area contributed by atoms with Crippen molar-refractivity contribution in [1.82, 2.24) is 0 Å². The van der Waals surface area contributed by atoms with Gasteiger partial charge in [0, 0.05) is 12.7 Å². The predicted molar refractivity (Wildman–Crippen MR) is 67.3 cm³/mol. The average Bonchev–Trinajstić information content (AvgIpc) is 2.33. The number of ether oxygens (including phenoxy) is 1. The summed E-state index contributed by atoms with van der Waals surface area (Å²) >= 11 is 0. The van der Waals surface area contributed by atoms with Crippen LogP contribution in [-0.4, -0.2) is 7.11 Å². The second-order valence-electron chi connectivity index (χ2n) is 4.11. The lowest BCUT2D eigenvalue weighted by molar-refractivity contribution is 0.181. The zero-order chi connectivity index (χ0) is 12.3. The third-order valence-corrected chi connectivity index (χ3v) is 2.74. The van der Waals surface area contributed by atoms with Crippen LogP contribution < -0.4 is 0 Å². The third-order valence-electron chi connectivity index (χ3n) is 2.74. The first kappa shape index (κ1) is 11.8. The first-order valence-corrected chi connectivity index (χ1v) is 5.55. The van der Waals surface area contributed by atoms with Crippen LogP contribution in [0, 0.1) is 12.7 Å². The largest absolute Gasteiger partial charge is 0.380 e. The van der Waals surface area contributed by atoms with Crippen molar-refractivity contribution in [2.75, 3.05) is 7.11 Å². The topological polar surface area (TPSA) is 9.23 Å². The molecule has 88 valence electrons. The van der Waals surface area contributed by atoms with Gasteiger partial charge in [-0.1, -0.05) is 42.0 Å². The van der Waals surface area contributed by atoms with Gasteiger partial charge in [0.05, 0.1) is 6.61 Å². The van der Waals surface area contributed by atoms with Crippen molar-refractivity contribution in [3.8, 4) is 11.1 Å². The first-order valence-electron chi connectivity index (χ1n) is 5.55. The highest BCUT2D eigenvalue weighted by Gasteiger charge is 2.04. The van der Waals surface area contributed by atoms with Crippen LogP contribution in [0.1, 0.15) is 11.1 Å². The molecule has 0 saturated heterocycles. The summed E-state index contributed by atoms with van der Waals surface area (Å²) in [6.45, 7) is 2.34. The predicted octanol–water partition coefficient (Wildman–Crippen LogP) is 3.95. The summed E-state index contributed by atoms with van der Waals surface area (Å²) in [4.78, 5) is 0. The van der Waals surface area contributed by atoms with E-state index in [4.69, 9.17) is 4.74 Å². The van der Waals surface area contributed by atoms with E-state index < -0.39 is 0 Å². The molecule has 0 spiro atoms. The minimum atomic E-state index is -0.218. The molecule has 0 saturated carbocycles. The van der Waals surface area contributed by atoms with Crippen molar-refractivity contribution in [1.29, 1.82) is 0 Å². The Morgan fingerprint density at radius 2 is 1.65 bits per heavy atom. The van der Waals surface area contributed by atoms with E-state index in [1.54, 1.807) is 19.2 Å². The standard InChI is InChI=1S/C15H15FO/c1-11-3-5-12(6-4-11)13-7-8-14(10-17-2)15(16)9-13/h3-9H,10H2,1-2H3. The Morgan fingerprint density at radius 1 is 1.00 bits per heavy atom. The number of hydrogen-bond acceptors (Lipinski definition) is 1. The third kappa shape index (κ3) is 2.71. The zero-order valence-electron chi connectivity index (χ0n) is 10.0. The quantitative estimate of drug-likeness (QED) is 0.775. The molecule has 2 aromatic rings. The number of hydrogen-bond donors (Lipinski definition) is 0. The number of halogens is 1. The van der Waals surface area contributed by atoms with Gasteiger partial charge in [-0.25, -0.2) is 4.39 Å². The summed E-state index contributed by atoms with van der Waals surface area (Å²) in [5.74, 6) is -0.218. The molecule has 0 heterocycles. The summed E-state index contributed by atoms with van der Waals surface area (Å²) in [5.41, 5.74) is 3.70. The van der Waals surface area contributed by atoms with Crippen LogP contribution >= 0.6 is 0 Å². The van der Waals surface area contributed by atoms with E-state index in [2.05, 4.69) is 0 Å². The van der Waals surface area contributed by atoms with Gasteiger partial charge >= 0.3 is 0 Å². The van der Waals surface area contributed by atoms with Crippen molar-refractivity contribution in [2.24, 2.45) is 0 Å². The average molecular weight is 230 g/mol. The molecule has 2 rings (SSSR count). The van der Waals surface area contributed by atoms with Crippen molar-refractivity contribution >= 4 is 0 Å². The molecule has 0 aliphatic heterocycles. The van der Waals surface area contributed by atoms with Gasteiger partial charge in [-0.15, -0.1) is 0 Å². The van der Waals surface area contributed by atoms with Gasteiger partial charge < -0.3 is 4.74 Å². The first-order chi connectivity index (χ1) is 8.20. The van der Waals surface area contributed by atoms with E-state index in [0.717, 1.165) is 11.1 Å². The molecule has 2 aromatic carbocycles. The van der Waals surface area contributed by atoms with Crippen molar-refractivity contribution in [2.45, 2.75) is 13.5 Å². The Balaban J connectivity index is 2.34. The number of aryl methyl sites for hydroxylation is 1. The van der Waals surface area contributed by atoms with Crippen LogP contribution in [0.3, 0.4) is 0 Å². The Morgan fingerprint density at radius 3 is 2.24 bits per heavy atom. The van der Waals surface area contributed by atoms with Gasteiger partial charge in [0.15, 0.2) is 0 Å². The summed E-state index contributed by atoms with van der Waals surface area (Å²) in [6, 6.07) is 13.3. The minimum absolute atomic E-state index is 0.218. The Labute approximate surface area is 101 Å². The maximum absolute atomic E-state index is 13.7. The van der Waals surface area contributed by atoms with Crippen molar-refractivity contribution < 1.29 is 9.13 Å². The van der Waals surface area contributed by atoms with Crippen LogP contribution in [0.25, 0.3) is 11.1 Å². The van der Waals surface area contributed by atoms with Gasteiger partial charge in [-0.3, -0.25) is 0 Å². The van der Waals surface area contributed by atoms with Gasteiger partial charge in [0.25, 0.3) is 0 Å². The van der Waals surface area contributed by atoms with E-state index in [0.29, 0.717) is 12.2 Å². The Bertz CT molecular complexity index is 503. The smallest absolute Gasteiger partial charge is 0.129 e. The second kappa shape index (κ2) is 5.11. The molecule has 0 bridgehead atoms. The monoisotopic (exact) mass is 230 g/mol. The van der Waals surface area contributed by atoms with Crippen LogP contribution in [0.4, 0.5) is 4.39 Å². The van der Waals surface area contributed by atoms with Gasteiger partial charge in [0.2, 0.25) is 0 Å². The molecule has 0 aliphatic carbocycles. The highest BCUT2D eigenvalue weighted by Crippen LogP contribution is 2.22. The van der Waals surface area contributed by atoms with Gasteiger partial charge in [-0.2, -0.15) is 0 Å². The van der Waals surface area contributed by atoms with Crippen LogP contribution in [0.15, 0.2) is 42.5 Å². The molecule has 0 aliphatic rings. The number of methoxy groups -OCH3 is 1. The Hall–Kier alpha value is -1.67. The van der Waals surface area contributed by atoms with E-state index in [1.165, 1.54) is 5.56 Å². The lowest BCUT2D eigenvalue weighted by atomic mass is 10.0. The molecule has 0 aromatic heterocycles. The number of benzene rings is 2. The maximum Gasteiger partial charge on any atom is 0.129 e. The molecule has 0 radical (unpaired) electrons. The van der Waals surface area contributed by atoms with E-state index in [1.807, 2.05) is 37.3 Å². The normalized spacial score (nSPS) is 10.5. The molecule has 1 nitrogen and oxygen atoms in total. The molecule has 0 unspecified atom stereocenters. The van der Waals surface area contributed by atoms with Crippen LogP contribution in [0.5, 0.6) is 0 Å². The molecule has 17 heavy (non-hydrogen) atoms. The molecule has 0 amide bonds. The lowest BCUT2D eigenvalue weighted by Gasteiger charge is -2.06. The fourth-order valence-electron chi connectivity index (χ4n) is 1.75. The minimum Gasteiger partial charge on any atom is -0.380 e. The SMILES string of the molecule is COCc1ccc(-c2ccc(C)cc2)cc1F. The van der Waals surface area contributed by atoms with E-state index >= 15 is 0 Å². The molecule has 0 atom stereocenters.